The minimum atomic E-state index is -4.94. The minimum Gasteiger partial charge on any atom is -0.462 e. The molecular formula is C66H128O17P2. The van der Waals surface area contributed by atoms with Crippen molar-refractivity contribution in [2.45, 2.75) is 355 Å². The van der Waals surface area contributed by atoms with Crippen molar-refractivity contribution in [3.63, 3.8) is 0 Å². The van der Waals surface area contributed by atoms with Crippen LogP contribution in [0.3, 0.4) is 0 Å². The second kappa shape index (κ2) is 59.7. The first-order valence-corrected chi connectivity index (χ1v) is 37.6. The lowest BCUT2D eigenvalue weighted by Crippen LogP contribution is -2.30. The van der Waals surface area contributed by atoms with Crippen molar-refractivity contribution in [3.05, 3.63) is 0 Å². The number of phosphoric acid groups is 2. The van der Waals surface area contributed by atoms with Gasteiger partial charge in [-0.25, -0.2) is 9.13 Å². The molecule has 3 N–H and O–H groups in total. The maximum absolute atomic E-state index is 13.0. The summed E-state index contributed by atoms with van der Waals surface area (Å²) in [7, 11) is -9.88. The van der Waals surface area contributed by atoms with E-state index in [2.05, 4.69) is 34.6 Å². The van der Waals surface area contributed by atoms with E-state index in [9.17, 15) is 43.2 Å². The van der Waals surface area contributed by atoms with E-state index in [1.807, 2.05) is 0 Å². The molecule has 17 nitrogen and oxygen atoms in total. The van der Waals surface area contributed by atoms with Gasteiger partial charge < -0.3 is 33.8 Å². The summed E-state index contributed by atoms with van der Waals surface area (Å²) < 4.78 is 68.0. The minimum absolute atomic E-state index is 0.106. The first kappa shape index (κ1) is 83.1. The van der Waals surface area contributed by atoms with Crippen molar-refractivity contribution < 1.29 is 80.2 Å². The van der Waals surface area contributed by atoms with Gasteiger partial charge in [-0.1, -0.05) is 285 Å². The van der Waals surface area contributed by atoms with Crippen molar-refractivity contribution >= 4 is 39.5 Å². The van der Waals surface area contributed by atoms with Gasteiger partial charge in [0.25, 0.3) is 0 Å². The predicted molar refractivity (Wildman–Crippen MR) is 340 cm³/mol. The molecule has 2 unspecified atom stereocenters. The lowest BCUT2D eigenvalue weighted by atomic mass is 10.0. The predicted octanol–water partition coefficient (Wildman–Crippen LogP) is 18.6. The zero-order valence-corrected chi connectivity index (χ0v) is 56.5. The SMILES string of the molecule is CCCCCCCCCCCCCCCCCCCCC(=O)O[C@H](COC(=O)CCCCCCCCC(C)C)COP(=O)(O)OC[C@@H](O)COP(=O)(O)OC[C@@H](COC(=O)CCCCCCCCCCC)OC(=O)CCCCCCCCCCC. The molecule has 0 fully saturated rings. The lowest BCUT2D eigenvalue weighted by Gasteiger charge is -2.21. The van der Waals surface area contributed by atoms with Gasteiger partial charge in [-0.2, -0.15) is 0 Å². The molecule has 0 aromatic carbocycles. The summed E-state index contributed by atoms with van der Waals surface area (Å²) in [6.45, 7) is 7.10. The highest BCUT2D eigenvalue weighted by Gasteiger charge is 2.30. The van der Waals surface area contributed by atoms with Crippen molar-refractivity contribution in [2.75, 3.05) is 39.6 Å². The monoisotopic (exact) mass is 1250 g/mol. The van der Waals surface area contributed by atoms with Crippen molar-refractivity contribution in [1.29, 1.82) is 0 Å². The Balaban J connectivity index is 5.16. The molecule has 85 heavy (non-hydrogen) atoms. The van der Waals surface area contributed by atoms with Crippen LogP contribution in [0.4, 0.5) is 0 Å². The van der Waals surface area contributed by atoms with Crippen LogP contribution in [0, 0.1) is 5.92 Å². The summed E-state index contributed by atoms with van der Waals surface area (Å²) in [5, 5.41) is 10.5. The Morgan fingerprint density at radius 2 is 0.541 bits per heavy atom. The zero-order chi connectivity index (χ0) is 62.8. The number of phosphoric ester groups is 2. The number of esters is 4. The topological polar surface area (TPSA) is 237 Å². The first-order chi connectivity index (χ1) is 41.0. The van der Waals surface area contributed by atoms with Gasteiger partial charge in [-0.3, -0.25) is 37.3 Å². The second-order valence-corrected chi connectivity index (χ2v) is 27.2. The Bertz CT molecular complexity index is 1650. The van der Waals surface area contributed by atoms with E-state index >= 15 is 0 Å². The van der Waals surface area contributed by atoms with Crippen LogP contribution >= 0.6 is 15.6 Å². The molecule has 19 heteroatoms. The molecule has 0 saturated carbocycles. The molecule has 0 aliphatic heterocycles. The third-order valence-corrected chi connectivity index (χ3v) is 17.2. The first-order valence-electron chi connectivity index (χ1n) is 34.6. The van der Waals surface area contributed by atoms with Crippen LogP contribution in [0.5, 0.6) is 0 Å². The molecule has 0 bridgehead atoms. The molecule has 0 heterocycles. The summed E-state index contributed by atoms with van der Waals surface area (Å²) in [6.07, 6.45) is 44.7. The van der Waals surface area contributed by atoms with Crippen LogP contribution in [0.1, 0.15) is 336 Å². The van der Waals surface area contributed by atoms with Crippen LogP contribution < -0.4 is 0 Å². The Kier molecular flexibility index (Phi) is 58.3. The average molecular weight is 1260 g/mol. The summed E-state index contributed by atoms with van der Waals surface area (Å²) in [5.74, 6) is -1.45. The van der Waals surface area contributed by atoms with Crippen molar-refractivity contribution in [2.24, 2.45) is 5.92 Å². The van der Waals surface area contributed by atoms with E-state index in [4.69, 9.17) is 37.0 Å². The fourth-order valence-corrected chi connectivity index (χ4v) is 11.5. The normalized spacial score (nSPS) is 14.2. The number of hydrogen-bond donors (Lipinski definition) is 3. The van der Waals surface area contributed by atoms with E-state index in [1.54, 1.807) is 0 Å². The molecule has 0 rings (SSSR count). The Morgan fingerprint density at radius 1 is 0.318 bits per heavy atom. The Hall–Kier alpha value is -1.94. The smallest absolute Gasteiger partial charge is 0.462 e. The number of aliphatic hydroxyl groups excluding tert-OH is 1. The third-order valence-electron chi connectivity index (χ3n) is 15.3. The largest absolute Gasteiger partial charge is 0.472 e. The number of hydrogen-bond acceptors (Lipinski definition) is 15. The van der Waals surface area contributed by atoms with Gasteiger partial charge in [0.2, 0.25) is 0 Å². The Labute approximate surface area is 517 Å². The molecule has 0 radical (unpaired) electrons. The number of aliphatic hydroxyl groups is 1. The molecule has 5 atom stereocenters. The average Bonchev–Trinajstić information content (AvgIpc) is 3.55. The van der Waals surface area contributed by atoms with Crippen LogP contribution in [0.15, 0.2) is 0 Å². The maximum atomic E-state index is 13.0. The number of carbonyl (C=O) groups excluding carboxylic acids is 4. The van der Waals surface area contributed by atoms with Crippen LogP contribution in [0.25, 0.3) is 0 Å². The highest BCUT2D eigenvalue weighted by atomic mass is 31.2. The summed E-state index contributed by atoms with van der Waals surface area (Å²) in [4.78, 5) is 72.2. The van der Waals surface area contributed by atoms with Gasteiger partial charge in [0.1, 0.15) is 19.3 Å². The number of ether oxygens (including phenoxy) is 4. The number of carbonyl (C=O) groups is 4. The van der Waals surface area contributed by atoms with Gasteiger partial charge in [0.05, 0.1) is 26.4 Å². The highest BCUT2D eigenvalue weighted by Crippen LogP contribution is 2.45. The molecule has 0 aromatic rings. The molecular weight excluding hydrogens is 1130 g/mol. The lowest BCUT2D eigenvalue weighted by molar-refractivity contribution is -0.161. The van der Waals surface area contributed by atoms with E-state index in [0.717, 1.165) is 96.3 Å². The maximum Gasteiger partial charge on any atom is 0.472 e. The summed E-state index contributed by atoms with van der Waals surface area (Å²) >= 11 is 0. The number of rotatable bonds is 66. The van der Waals surface area contributed by atoms with Gasteiger partial charge in [0.15, 0.2) is 12.2 Å². The van der Waals surface area contributed by atoms with E-state index in [-0.39, 0.29) is 25.7 Å². The van der Waals surface area contributed by atoms with Crippen molar-refractivity contribution in [1.82, 2.24) is 0 Å². The molecule has 0 aliphatic carbocycles. The van der Waals surface area contributed by atoms with E-state index in [1.165, 1.54) is 154 Å². The molecule has 0 aliphatic rings. The van der Waals surface area contributed by atoms with Crippen LogP contribution in [-0.2, 0) is 65.4 Å². The molecule has 0 aromatic heterocycles. The summed E-state index contributed by atoms with van der Waals surface area (Å²) in [5.41, 5.74) is 0. The third kappa shape index (κ3) is 60.7. The van der Waals surface area contributed by atoms with E-state index in [0.29, 0.717) is 31.6 Å². The quantitative estimate of drug-likeness (QED) is 0.0222. The van der Waals surface area contributed by atoms with Crippen LogP contribution in [-0.4, -0.2) is 96.7 Å². The molecule has 0 saturated heterocycles. The second-order valence-electron chi connectivity index (χ2n) is 24.3. The van der Waals surface area contributed by atoms with Crippen LogP contribution in [0.2, 0.25) is 0 Å². The van der Waals surface area contributed by atoms with Gasteiger partial charge in [-0.15, -0.1) is 0 Å². The van der Waals surface area contributed by atoms with Gasteiger partial charge in [0, 0.05) is 25.7 Å². The van der Waals surface area contributed by atoms with Gasteiger partial charge >= 0.3 is 39.5 Å². The van der Waals surface area contributed by atoms with E-state index < -0.39 is 97.5 Å². The fraction of sp³-hybridized carbons (Fsp3) is 0.939. The summed E-state index contributed by atoms with van der Waals surface area (Å²) in [6, 6.07) is 0. The standard InChI is InChI=1S/C66H128O17P2/c1-6-9-12-15-18-21-22-23-24-25-26-27-28-29-32-35-42-47-52-66(71)83-62(56-77-64(69)50-45-40-37-36-38-43-48-59(4)5)58-81-85(74,75)79-54-60(67)53-78-84(72,73)80-57-61(82-65(70)51-46-41-34-31-20-17-14-11-8-3)55-76-63(68)49-44-39-33-30-19-16-13-10-7-2/h59-62,67H,6-58H2,1-5H3,(H,72,73)(H,74,75)/t60-,61+,62+/m0/s1. The molecule has 0 spiro atoms. The Morgan fingerprint density at radius 3 is 0.800 bits per heavy atom. The zero-order valence-electron chi connectivity index (χ0n) is 54.7. The number of unbranched alkanes of at least 4 members (excludes halogenated alkanes) is 38. The molecule has 0 amide bonds. The van der Waals surface area contributed by atoms with Gasteiger partial charge in [-0.05, 0) is 31.6 Å². The van der Waals surface area contributed by atoms with Crippen molar-refractivity contribution in [3.8, 4) is 0 Å². The highest BCUT2D eigenvalue weighted by molar-refractivity contribution is 7.47. The fourth-order valence-electron chi connectivity index (χ4n) is 9.94. The molecule has 504 valence electrons.